The van der Waals surface area contributed by atoms with Gasteiger partial charge >= 0.3 is 5.97 Å². The maximum atomic E-state index is 13.7. The summed E-state index contributed by atoms with van der Waals surface area (Å²) in [5.74, 6) is -1.74. The minimum absolute atomic E-state index is 0.0328. The number of rotatable bonds is 5. The van der Waals surface area contributed by atoms with E-state index >= 15 is 0 Å². The van der Waals surface area contributed by atoms with Gasteiger partial charge in [0.1, 0.15) is 17.3 Å². The number of anilines is 1. The van der Waals surface area contributed by atoms with E-state index < -0.39 is 23.0 Å². The quantitative estimate of drug-likeness (QED) is 0.813. The first-order valence-electron chi connectivity index (χ1n) is 9.02. The molecule has 0 atom stereocenters. The van der Waals surface area contributed by atoms with Crippen molar-refractivity contribution >= 4 is 23.4 Å². The standard InChI is InChI=1S/C19H18ClF2N3O3/c20-16-17(23-10-15(24-16)19(5-6-19)18(26)27)25-7-3-12(4-8-25)28-14-2-1-11(21)9-13(14)22/h1-2,9-10,12H,3-8H2,(H,26,27). The summed E-state index contributed by atoms with van der Waals surface area (Å²) in [6, 6.07) is 3.24. The molecule has 0 bridgehead atoms. The fourth-order valence-electron chi connectivity index (χ4n) is 3.44. The summed E-state index contributed by atoms with van der Waals surface area (Å²) >= 11 is 6.28. The van der Waals surface area contributed by atoms with Crippen molar-refractivity contribution in [1.82, 2.24) is 9.97 Å². The molecule has 2 fully saturated rings. The summed E-state index contributed by atoms with van der Waals surface area (Å²) < 4.78 is 32.4. The molecule has 9 heteroatoms. The molecule has 148 valence electrons. The summed E-state index contributed by atoms with van der Waals surface area (Å²) in [4.78, 5) is 22.0. The second kappa shape index (κ2) is 7.16. The van der Waals surface area contributed by atoms with Crippen LogP contribution in [0.15, 0.2) is 24.4 Å². The summed E-state index contributed by atoms with van der Waals surface area (Å²) in [7, 11) is 0. The maximum absolute atomic E-state index is 13.7. The Morgan fingerprint density at radius 3 is 2.57 bits per heavy atom. The number of carboxylic acids is 1. The van der Waals surface area contributed by atoms with Crippen LogP contribution in [-0.2, 0) is 10.2 Å². The van der Waals surface area contributed by atoms with Crippen LogP contribution in [0.5, 0.6) is 5.75 Å². The SMILES string of the molecule is O=C(O)C1(c2cnc(N3CCC(Oc4ccc(F)cc4F)CC3)c(Cl)n2)CC1. The number of nitrogens with zero attached hydrogens (tertiary/aromatic N) is 3. The molecule has 4 rings (SSSR count). The Balaban J connectivity index is 1.40. The van der Waals surface area contributed by atoms with Gasteiger partial charge in [-0.2, -0.15) is 0 Å². The van der Waals surface area contributed by atoms with Crippen molar-refractivity contribution in [3.8, 4) is 5.75 Å². The Morgan fingerprint density at radius 1 is 1.29 bits per heavy atom. The number of carbonyl (C=O) groups is 1. The van der Waals surface area contributed by atoms with E-state index in [1.807, 2.05) is 4.90 Å². The topological polar surface area (TPSA) is 75.5 Å². The Morgan fingerprint density at radius 2 is 2.00 bits per heavy atom. The van der Waals surface area contributed by atoms with Crippen molar-refractivity contribution < 1.29 is 23.4 Å². The van der Waals surface area contributed by atoms with Gasteiger partial charge in [-0.15, -0.1) is 0 Å². The van der Waals surface area contributed by atoms with Crippen molar-refractivity contribution in [2.24, 2.45) is 0 Å². The van der Waals surface area contributed by atoms with E-state index in [-0.39, 0.29) is 17.0 Å². The number of piperidine rings is 1. The highest BCUT2D eigenvalue weighted by molar-refractivity contribution is 6.31. The Kier molecular flexibility index (Phi) is 4.82. The van der Waals surface area contributed by atoms with Crippen LogP contribution in [0.4, 0.5) is 14.6 Å². The van der Waals surface area contributed by atoms with E-state index in [0.29, 0.717) is 50.3 Å². The van der Waals surface area contributed by atoms with E-state index in [1.165, 1.54) is 12.3 Å². The van der Waals surface area contributed by atoms with Crippen LogP contribution >= 0.6 is 11.6 Å². The van der Waals surface area contributed by atoms with Crippen LogP contribution < -0.4 is 9.64 Å². The Bertz CT molecular complexity index is 915. The van der Waals surface area contributed by atoms with Crippen molar-refractivity contribution in [1.29, 1.82) is 0 Å². The number of aromatic nitrogens is 2. The molecule has 0 spiro atoms. The third-order valence-electron chi connectivity index (χ3n) is 5.29. The van der Waals surface area contributed by atoms with Gasteiger partial charge in [0.05, 0.1) is 11.9 Å². The third kappa shape index (κ3) is 3.48. The number of ether oxygens (including phenoxy) is 1. The average Bonchev–Trinajstić information content (AvgIpc) is 3.47. The fraction of sp³-hybridized carbons (Fsp3) is 0.421. The lowest BCUT2D eigenvalue weighted by Gasteiger charge is -2.33. The number of hydrogen-bond acceptors (Lipinski definition) is 5. The van der Waals surface area contributed by atoms with E-state index in [1.54, 1.807) is 0 Å². The molecule has 1 aromatic carbocycles. The van der Waals surface area contributed by atoms with Gasteiger partial charge in [-0.05, 0) is 25.0 Å². The summed E-state index contributed by atoms with van der Waals surface area (Å²) in [6.07, 6.45) is 3.57. The van der Waals surface area contributed by atoms with Gasteiger partial charge in [-0.3, -0.25) is 4.79 Å². The van der Waals surface area contributed by atoms with Crippen LogP contribution in [0.25, 0.3) is 0 Å². The predicted octanol–water partition coefficient (Wildman–Crippen LogP) is 3.57. The molecule has 1 saturated carbocycles. The zero-order chi connectivity index (χ0) is 19.9. The fourth-order valence-corrected chi connectivity index (χ4v) is 3.70. The molecule has 2 heterocycles. The van der Waals surface area contributed by atoms with Crippen molar-refractivity contribution in [3.05, 3.63) is 46.9 Å². The predicted molar refractivity (Wildman–Crippen MR) is 97.8 cm³/mol. The highest BCUT2D eigenvalue weighted by atomic mass is 35.5. The zero-order valence-corrected chi connectivity index (χ0v) is 15.6. The van der Waals surface area contributed by atoms with Crippen molar-refractivity contribution in [2.45, 2.75) is 37.2 Å². The first kappa shape index (κ1) is 18.9. The second-order valence-corrected chi connectivity index (χ2v) is 7.49. The Labute approximate surface area is 165 Å². The largest absolute Gasteiger partial charge is 0.487 e. The van der Waals surface area contributed by atoms with E-state index in [0.717, 1.165) is 12.1 Å². The van der Waals surface area contributed by atoms with Crippen molar-refractivity contribution in [3.63, 3.8) is 0 Å². The molecule has 1 N–H and O–H groups in total. The first-order valence-corrected chi connectivity index (χ1v) is 9.40. The van der Waals surface area contributed by atoms with Gasteiger partial charge in [-0.1, -0.05) is 11.6 Å². The molecule has 0 amide bonds. The molecule has 2 aromatic rings. The van der Waals surface area contributed by atoms with E-state index in [4.69, 9.17) is 16.3 Å². The lowest BCUT2D eigenvalue weighted by atomic mass is 10.0. The molecule has 6 nitrogen and oxygen atoms in total. The molecule has 0 radical (unpaired) electrons. The number of halogens is 3. The van der Waals surface area contributed by atoms with Gasteiger partial charge in [0.15, 0.2) is 22.5 Å². The lowest BCUT2D eigenvalue weighted by molar-refractivity contribution is -0.140. The molecule has 0 unspecified atom stereocenters. The van der Waals surface area contributed by atoms with E-state index in [2.05, 4.69) is 9.97 Å². The van der Waals surface area contributed by atoms with Gasteiger partial charge in [0, 0.05) is 32.0 Å². The summed E-state index contributed by atoms with van der Waals surface area (Å²) in [5, 5.41) is 9.54. The first-order chi connectivity index (χ1) is 13.4. The summed E-state index contributed by atoms with van der Waals surface area (Å²) in [5.41, 5.74) is -0.561. The molecule has 1 aromatic heterocycles. The summed E-state index contributed by atoms with van der Waals surface area (Å²) in [6.45, 7) is 1.15. The highest BCUT2D eigenvalue weighted by Crippen LogP contribution is 2.48. The highest BCUT2D eigenvalue weighted by Gasteiger charge is 2.53. The number of hydrogen-bond donors (Lipinski definition) is 1. The minimum Gasteiger partial charge on any atom is -0.487 e. The zero-order valence-electron chi connectivity index (χ0n) is 14.9. The third-order valence-corrected chi connectivity index (χ3v) is 5.54. The molecular formula is C19H18ClF2N3O3. The normalized spacial score (nSPS) is 18.8. The van der Waals surface area contributed by atoms with Gasteiger partial charge < -0.3 is 14.7 Å². The number of aliphatic carboxylic acids is 1. The van der Waals surface area contributed by atoms with Crippen LogP contribution in [0.2, 0.25) is 5.15 Å². The van der Waals surface area contributed by atoms with Crippen LogP contribution in [0, 0.1) is 11.6 Å². The van der Waals surface area contributed by atoms with Crippen LogP contribution in [0.1, 0.15) is 31.4 Å². The van der Waals surface area contributed by atoms with Crippen LogP contribution in [0.3, 0.4) is 0 Å². The average molecular weight is 410 g/mol. The Hall–Kier alpha value is -2.48. The van der Waals surface area contributed by atoms with Crippen molar-refractivity contribution in [2.75, 3.05) is 18.0 Å². The van der Waals surface area contributed by atoms with Crippen LogP contribution in [-0.4, -0.2) is 40.2 Å². The van der Waals surface area contributed by atoms with Gasteiger partial charge in [-0.25, -0.2) is 18.7 Å². The molecule has 1 saturated heterocycles. The molecule has 28 heavy (non-hydrogen) atoms. The second-order valence-electron chi connectivity index (χ2n) is 7.14. The monoisotopic (exact) mass is 409 g/mol. The van der Waals surface area contributed by atoms with Gasteiger partial charge in [0.25, 0.3) is 0 Å². The maximum Gasteiger partial charge on any atom is 0.315 e. The molecular weight excluding hydrogens is 392 g/mol. The van der Waals surface area contributed by atoms with Gasteiger partial charge in [0.2, 0.25) is 0 Å². The minimum atomic E-state index is -0.949. The lowest BCUT2D eigenvalue weighted by Crippen LogP contribution is -2.39. The smallest absolute Gasteiger partial charge is 0.315 e. The molecule has 1 aliphatic carbocycles. The molecule has 1 aliphatic heterocycles. The number of benzene rings is 1. The molecule has 2 aliphatic rings. The van der Waals surface area contributed by atoms with E-state index in [9.17, 15) is 18.7 Å². The number of carboxylic acid groups (broad SMARTS) is 1.